The van der Waals surface area contributed by atoms with Crippen molar-refractivity contribution in [1.29, 1.82) is 0 Å². The molecule has 0 amide bonds. The second kappa shape index (κ2) is 5.82. The first-order valence-electron chi connectivity index (χ1n) is 5.40. The van der Waals surface area contributed by atoms with Gasteiger partial charge in [-0.15, -0.1) is 0 Å². The standard InChI is InChI=1S/C10H24N2O2S/c1-5-10(6-2,9-11)12(3)7-8-15(4,13)14/h5-9,11H2,1-4H3. The Kier molecular flexibility index (Phi) is 5.77. The molecule has 0 aliphatic carbocycles. The molecule has 15 heavy (non-hydrogen) atoms. The number of nitrogens with two attached hydrogens (primary N) is 1. The van der Waals surface area contributed by atoms with Crippen LogP contribution < -0.4 is 5.73 Å². The van der Waals surface area contributed by atoms with Gasteiger partial charge in [-0.3, -0.25) is 4.90 Å². The van der Waals surface area contributed by atoms with E-state index in [0.29, 0.717) is 13.1 Å². The first-order valence-corrected chi connectivity index (χ1v) is 7.46. The third-order valence-electron chi connectivity index (χ3n) is 3.30. The molecule has 0 unspecified atom stereocenters. The van der Waals surface area contributed by atoms with Gasteiger partial charge in [0.05, 0.1) is 5.75 Å². The molecular weight excluding hydrogens is 212 g/mol. The van der Waals surface area contributed by atoms with Crippen LogP contribution in [0.3, 0.4) is 0 Å². The Balaban J connectivity index is 4.46. The molecule has 0 aromatic carbocycles. The van der Waals surface area contributed by atoms with Crippen LogP contribution in [-0.4, -0.2) is 51.0 Å². The average molecular weight is 236 g/mol. The summed E-state index contributed by atoms with van der Waals surface area (Å²) in [5.74, 6) is 0.200. The Labute approximate surface area is 93.7 Å². The quantitative estimate of drug-likeness (QED) is 0.698. The number of nitrogens with zero attached hydrogens (tertiary/aromatic N) is 1. The van der Waals surface area contributed by atoms with E-state index in [-0.39, 0.29) is 11.3 Å². The van der Waals surface area contributed by atoms with E-state index in [1.807, 2.05) is 7.05 Å². The molecule has 2 N–H and O–H groups in total. The lowest BCUT2D eigenvalue weighted by Crippen LogP contribution is -2.52. The lowest BCUT2D eigenvalue weighted by atomic mass is 9.91. The zero-order valence-electron chi connectivity index (χ0n) is 10.3. The molecule has 0 saturated carbocycles. The molecule has 0 rings (SSSR count). The molecule has 0 aromatic rings. The average Bonchev–Trinajstić information content (AvgIpc) is 2.17. The lowest BCUT2D eigenvalue weighted by Gasteiger charge is -2.40. The third-order valence-corrected chi connectivity index (χ3v) is 4.23. The molecule has 0 spiro atoms. The lowest BCUT2D eigenvalue weighted by molar-refractivity contribution is 0.123. The zero-order valence-corrected chi connectivity index (χ0v) is 11.1. The van der Waals surface area contributed by atoms with Crippen molar-refractivity contribution in [2.75, 3.05) is 32.1 Å². The molecule has 92 valence electrons. The van der Waals surface area contributed by atoms with Gasteiger partial charge in [0.1, 0.15) is 9.84 Å². The Morgan fingerprint density at radius 1 is 1.27 bits per heavy atom. The Bertz CT molecular complexity index is 263. The van der Waals surface area contributed by atoms with Crippen LogP contribution in [0.1, 0.15) is 26.7 Å². The zero-order chi connectivity index (χ0) is 12.1. The van der Waals surface area contributed by atoms with E-state index < -0.39 is 9.84 Å². The maximum atomic E-state index is 11.1. The molecule has 0 aliphatic rings. The fraction of sp³-hybridized carbons (Fsp3) is 1.00. The van der Waals surface area contributed by atoms with Crippen LogP contribution in [0.4, 0.5) is 0 Å². The van der Waals surface area contributed by atoms with E-state index in [2.05, 4.69) is 18.7 Å². The molecule has 5 heteroatoms. The molecule has 0 atom stereocenters. The Morgan fingerprint density at radius 3 is 2.00 bits per heavy atom. The molecule has 0 saturated heterocycles. The van der Waals surface area contributed by atoms with Gasteiger partial charge in [-0.1, -0.05) is 13.8 Å². The summed E-state index contributed by atoms with van der Waals surface area (Å²) >= 11 is 0. The van der Waals surface area contributed by atoms with Crippen LogP contribution >= 0.6 is 0 Å². The fourth-order valence-corrected chi connectivity index (χ4v) is 2.38. The second-order valence-corrected chi connectivity index (χ2v) is 6.45. The molecule has 0 bridgehead atoms. The smallest absolute Gasteiger partial charge is 0.148 e. The van der Waals surface area contributed by atoms with Crippen molar-refractivity contribution in [3.05, 3.63) is 0 Å². The van der Waals surface area contributed by atoms with Crippen molar-refractivity contribution in [2.45, 2.75) is 32.2 Å². The van der Waals surface area contributed by atoms with Crippen LogP contribution in [0.15, 0.2) is 0 Å². The summed E-state index contributed by atoms with van der Waals surface area (Å²) in [6.45, 7) is 5.30. The van der Waals surface area contributed by atoms with Crippen LogP contribution in [0.5, 0.6) is 0 Å². The van der Waals surface area contributed by atoms with Crippen LogP contribution in [0.2, 0.25) is 0 Å². The highest BCUT2D eigenvalue weighted by atomic mass is 32.2. The van der Waals surface area contributed by atoms with E-state index in [9.17, 15) is 8.42 Å². The molecular formula is C10H24N2O2S. The Hall–Kier alpha value is -0.130. The van der Waals surface area contributed by atoms with Crippen LogP contribution in [0.25, 0.3) is 0 Å². The predicted molar refractivity (Wildman–Crippen MR) is 64.7 cm³/mol. The van der Waals surface area contributed by atoms with E-state index >= 15 is 0 Å². The summed E-state index contributed by atoms with van der Waals surface area (Å²) in [4.78, 5) is 2.08. The molecule has 0 heterocycles. The predicted octanol–water partition coefficient (Wildman–Crippen LogP) is 0.480. The normalized spacial score (nSPS) is 13.5. The van der Waals surface area contributed by atoms with Gasteiger partial charge in [0, 0.05) is 24.9 Å². The van der Waals surface area contributed by atoms with Crippen molar-refractivity contribution in [3.8, 4) is 0 Å². The minimum Gasteiger partial charge on any atom is -0.329 e. The summed E-state index contributed by atoms with van der Waals surface area (Å²) in [5, 5.41) is 0. The number of hydrogen-bond acceptors (Lipinski definition) is 4. The highest BCUT2D eigenvalue weighted by Gasteiger charge is 2.29. The van der Waals surface area contributed by atoms with Crippen molar-refractivity contribution in [3.63, 3.8) is 0 Å². The monoisotopic (exact) mass is 236 g/mol. The van der Waals surface area contributed by atoms with Crippen molar-refractivity contribution < 1.29 is 8.42 Å². The van der Waals surface area contributed by atoms with Gasteiger partial charge in [0.15, 0.2) is 0 Å². The first-order chi connectivity index (χ1) is 6.81. The SMILES string of the molecule is CCC(CC)(CN)N(C)CCS(C)(=O)=O. The number of rotatable bonds is 7. The van der Waals surface area contributed by atoms with Gasteiger partial charge < -0.3 is 5.73 Å². The molecule has 0 fully saturated rings. The van der Waals surface area contributed by atoms with E-state index in [1.54, 1.807) is 0 Å². The second-order valence-electron chi connectivity index (χ2n) is 4.19. The molecule has 0 radical (unpaired) electrons. The molecule has 0 aromatic heterocycles. The maximum Gasteiger partial charge on any atom is 0.148 e. The largest absolute Gasteiger partial charge is 0.329 e. The van der Waals surface area contributed by atoms with Crippen molar-refractivity contribution in [1.82, 2.24) is 4.90 Å². The van der Waals surface area contributed by atoms with Gasteiger partial charge >= 0.3 is 0 Å². The van der Waals surface area contributed by atoms with Crippen LogP contribution in [0, 0.1) is 0 Å². The minimum atomic E-state index is -2.89. The van der Waals surface area contributed by atoms with E-state index in [0.717, 1.165) is 12.8 Å². The van der Waals surface area contributed by atoms with E-state index in [4.69, 9.17) is 5.73 Å². The summed E-state index contributed by atoms with van der Waals surface area (Å²) in [6, 6.07) is 0. The van der Waals surface area contributed by atoms with Crippen molar-refractivity contribution >= 4 is 9.84 Å². The van der Waals surface area contributed by atoms with E-state index in [1.165, 1.54) is 6.26 Å². The van der Waals surface area contributed by atoms with Gasteiger partial charge in [-0.05, 0) is 19.9 Å². The number of hydrogen-bond donors (Lipinski definition) is 1. The first kappa shape index (κ1) is 14.9. The maximum absolute atomic E-state index is 11.1. The topological polar surface area (TPSA) is 63.4 Å². The summed E-state index contributed by atoms with van der Waals surface area (Å²) in [5.41, 5.74) is 5.73. The number of likely N-dealkylation sites (N-methyl/N-ethyl adjacent to an activating group) is 1. The van der Waals surface area contributed by atoms with Crippen LogP contribution in [-0.2, 0) is 9.84 Å². The summed E-state index contributed by atoms with van der Waals surface area (Å²) in [7, 11) is -0.937. The fourth-order valence-electron chi connectivity index (χ4n) is 1.77. The molecule has 0 aliphatic heterocycles. The third kappa shape index (κ3) is 4.49. The summed E-state index contributed by atoms with van der Waals surface area (Å²) < 4.78 is 22.1. The van der Waals surface area contributed by atoms with Gasteiger partial charge in [0.2, 0.25) is 0 Å². The number of sulfone groups is 1. The van der Waals surface area contributed by atoms with Gasteiger partial charge in [0.25, 0.3) is 0 Å². The summed E-state index contributed by atoms with van der Waals surface area (Å²) in [6.07, 6.45) is 3.16. The Morgan fingerprint density at radius 2 is 1.73 bits per heavy atom. The minimum absolute atomic E-state index is 0.0509. The highest BCUT2D eigenvalue weighted by Crippen LogP contribution is 2.20. The van der Waals surface area contributed by atoms with Gasteiger partial charge in [-0.2, -0.15) is 0 Å². The highest BCUT2D eigenvalue weighted by molar-refractivity contribution is 7.90. The van der Waals surface area contributed by atoms with Gasteiger partial charge in [-0.25, -0.2) is 8.42 Å². The molecule has 4 nitrogen and oxygen atoms in total. The van der Waals surface area contributed by atoms with Crippen molar-refractivity contribution in [2.24, 2.45) is 5.73 Å².